The number of hydrogen-bond donors (Lipinski definition) is 1. The molecule has 0 spiro atoms. The molecule has 6 heteroatoms. The van der Waals surface area contributed by atoms with E-state index in [1.54, 1.807) is 0 Å². The first kappa shape index (κ1) is 17.0. The van der Waals surface area contributed by atoms with Gasteiger partial charge in [0.1, 0.15) is 11.5 Å². The smallest absolute Gasteiger partial charge is 0.286 e. The van der Waals surface area contributed by atoms with Crippen LogP contribution in [0.4, 0.5) is 4.79 Å². The number of hydrogen-bond acceptors (Lipinski definition) is 5. The van der Waals surface area contributed by atoms with Crippen LogP contribution in [0.2, 0.25) is 0 Å². The van der Waals surface area contributed by atoms with Crippen LogP contribution in [0.15, 0.2) is 24.3 Å². The number of carbonyl (C=O) groups excluding carboxylic acids is 3. The summed E-state index contributed by atoms with van der Waals surface area (Å²) < 4.78 is 5.97. The second-order valence-corrected chi connectivity index (χ2v) is 7.62. The first-order chi connectivity index (χ1) is 11.5. The van der Waals surface area contributed by atoms with Gasteiger partial charge in [-0.3, -0.25) is 19.7 Å². The van der Waals surface area contributed by atoms with Gasteiger partial charge in [-0.05, 0) is 43.9 Å². The zero-order valence-corrected chi connectivity index (χ0v) is 14.4. The Bertz CT molecular complexity index is 643. The van der Waals surface area contributed by atoms with Crippen LogP contribution in [0.25, 0.3) is 0 Å². The zero-order chi connectivity index (χ0) is 17.1. The van der Waals surface area contributed by atoms with Crippen molar-refractivity contribution in [1.29, 1.82) is 0 Å². The van der Waals surface area contributed by atoms with Gasteiger partial charge >= 0.3 is 0 Å². The molecule has 2 fully saturated rings. The standard InChI is InChI=1S/C18H21NO4S/c1-11(13-3-2-4-14(20)10-13)23-15-7-5-12(6-8-15)9-16-17(21)19-18(22)24-16/h5-8,11,13,16H,2-4,9-10H2,1H3,(H,19,21,22). The number of Topliss-reactive ketones (excluding diaryl/α,β-unsaturated/α-hetero) is 1. The van der Waals surface area contributed by atoms with Gasteiger partial charge in [0.05, 0.1) is 11.4 Å². The maximum atomic E-state index is 11.6. The van der Waals surface area contributed by atoms with Crippen molar-refractivity contribution >= 4 is 28.7 Å². The third kappa shape index (κ3) is 4.17. The van der Waals surface area contributed by atoms with Crippen molar-refractivity contribution in [2.45, 2.75) is 50.4 Å². The van der Waals surface area contributed by atoms with E-state index in [-0.39, 0.29) is 28.4 Å². The minimum absolute atomic E-state index is 0.00823. The largest absolute Gasteiger partial charge is 0.490 e. The Labute approximate surface area is 145 Å². The van der Waals surface area contributed by atoms with Crippen LogP contribution >= 0.6 is 11.8 Å². The summed E-state index contributed by atoms with van der Waals surface area (Å²) in [4.78, 5) is 34.4. The van der Waals surface area contributed by atoms with Gasteiger partial charge in [0.15, 0.2) is 0 Å². The minimum atomic E-state index is -0.351. The first-order valence-corrected chi connectivity index (χ1v) is 9.18. The molecule has 2 amide bonds. The molecule has 128 valence electrons. The molecule has 0 aromatic heterocycles. The molecule has 1 saturated heterocycles. The Balaban J connectivity index is 1.55. The number of thioether (sulfide) groups is 1. The van der Waals surface area contributed by atoms with E-state index in [9.17, 15) is 14.4 Å². The van der Waals surface area contributed by atoms with Crippen LogP contribution < -0.4 is 10.1 Å². The highest BCUT2D eigenvalue weighted by atomic mass is 32.2. The maximum absolute atomic E-state index is 11.6. The number of nitrogens with one attached hydrogen (secondary N) is 1. The fraction of sp³-hybridized carbons (Fsp3) is 0.500. The molecule has 1 saturated carbocycles. The van der Waals surface area contributed by atoms with Crippen LogP contribution in [0.5, 0.6) is 5.75 Å². The molecular weight excluding hydrogens is 326 g/mol. The van der Waals surface area contributed by atoms with Gasteiger partial charge in [0.25, 0.3) is 5.24 Å². The van der Waals surface area contributed by atoms with E-state index in [1.165, 1.54) is 0 Å². The number of ketones is 1. The van der Waals surface area contributed by atoms with Gasteiger partial charge in [-0.1, -0.05) is 23.9 Å². The van der Waals surface area contributed by atoms with Crippen molar-refractivity contribution in [3.05, 3.63) is 29.8 Å². The van der Waals surface area contributed by atoms with Crippen LogP contribution in [0.3, 0.4) is 0 Å². The van der Waals surface area contributed by atoms with Gasteiger partial charge < -0.3 is 4.74 Å². The van der Waals surface area contributed by atoms with Crippen molar-refractivity contribution < 1.29 is 19.1 Å². The summed E-state index contributed by atoms with van der Waals surface area (Å²) in [6.45, 7) is 2.02. The number of imide groups is 1. The number of carbonyl (C=O) groups is 3. The average Bonchev–Trinajstić information content (AvgIpc) is 2.87. The number of rotatable bonds is 5. The molecule has 1 aromatic rings. The summed E-state index contributed by atoms with van der Waals surface area (Å²) in [6.07, 6.45) is 3.83. The molecule has 2 aliphatic rings. The van der Waals surface area contributed by atoms with E-state index >= 15 is 0 Å². The van der Waals surface area contributed by atoms with Crippen LogP contribution in [-0.2, 0) is 16.0 Å². The summed E-state index contributed by atoms with van der Waals surface area (Å²) in [5.41, 5.74) is 0.991. The summed E-state index contributed by atoms with van der Waals surface area (Å²) in [6, 6.07) is 7.61. The molecule has 1 aromatic carbocycles. The molecule has 24 heavy (non-hydrogen) atoms. The molecular formula is C18H21NO4S. The molecule has 0 radical (unpaired) electrons. The Morgan fingerprint density at radius 3 is 2.62 bits per heavy atom. The van der Waals surface area contributed by atoms with Crippen molar-refractivity contribution in [2.75, 3.05) is 0 Å². The van der Waals surface area contributed by atoms with E-state index < -0.39 is 0 Å². The summed E-state index contributed by atoms with van der Waals surface area (Å²) in [5.74, 6) is 1.17. The molecule has 1 aliphatic heterocycles. The SMILES string of the molecule is CC(Oc1ccc(CC2SC(=O)NC2=O)cc1)C1CCCC(=O)C1. The van der Waals surface area contributed by atoms with Gasteiger partial charge in [0.2, 0.25) is 5.91 Å². The van der Waals surface area contributed by atoms with Crippen LogP contribution in [0.1, 0.15) is 38.2 Å². The van der Waals surface area contributed by atoms with Gasteiger partial charge in [0, 0.05) is 18.8 Å². The maximum Gasteiger partial charge on any atom is 0.286 e. The number of ether oxygens (including phenoxy) is 1. The second-order valence-electron chi connectivity index (χ2n) is 6.45. The molecule has 1 N–H and O–H groups in total. The normalized spacial score (nSPS) is 25.5. The summed E-state index contributed by atoms with van der Waals surface area (Å²) >= 11 is 1.04. The van der Waals surface area contributed by atoms with Crippen LogP contribution in [0, 0.1) is 5.92 Å². The lowest BCUT2D eigenvalue weighted by atomic mass is 9.85. The Kier molecular flexibility index (Phi) is 5.23. The predicted octanol–water partition coefficient (Wildman–Crippen LogP) is 3.11. The van der Waals surface area contributed by atoms with Crippen LogP contribution in [-0.4, -0.2) is 28.3 Å². The fourth-order valence-electron chi connectivity index (χ4n) is 3.22. The molecule has 0 bridgehead atoms. The van der Waals surface area contributed by atoms with E-state index in [4.69, 9.17) is 4.74 Å². The minimum Gasteiger partial charge on any atom is -0.490 e. The highest BCUT2D eigenvalue weighted by Crippen LogP contribution is 2.28. The Hall–Kier alpha value is -1.82. The number of benzene rings is 1. The lowest BCUT2D eigenvalue weighted by molar-refractivity contribution is -0.122. The highest BCUT2D eigenvalue weighted by Gasteiger charge is 2.31. The molecule has 1 aliphatic carbocycles. The van der Waals surface area contributed by atoms with Gasteiger partial charge in [-0.25, -0.2) is 0 Å². The summed E-state index contributed by atoms with van der Waals surface area (Å²) in [7, 11) is 0. The zero-order valence-electron chi connectivity index (χ0n) is 13.6. The third-order valence-corrected chi connectivity index (χ3v) is 5.60. The first-order valence-electron chi connectivity index (χ1n) is 8.30. The van der Waals surface area contributed by atoms with E-state index in [1.807, 2.05) is 31.2 Å². The Morgan fingerprint density at radius 2 is 2.00 bits per heavy atom. The third-order valence-electron chi connectivity index (χ3n) is 4.62. The monoisotopic (exact) mass is 347 g/mol. The van der Waals surface area contributed by atoms with Crippen molar-refractivity contribution in [2.24, 2.45) is 5.92 Å². The summed E-state index contributed by atoms with van der Waals surface area (Å²) in [5, 5.41) is 1.67. The molecule has 5 nitrogen and oxygen atoms in total. The van der Waals surface area contributed by atoms with Crippen molar-refractivity contribution in [1.82, 2.24) is 5.32 Å². The fourth-order valence-corrected chi connectivity index (χ4v) is 4.08. The van der Waals surface area contributed by atoms with Crippen molar-refractivity contribution in [3.8, 4) is 5.75 Å². The highest BCUT2D eigenvalue weighted by molar-refractivity contribution is 8.15. The lowest BCUT2D eigenvalue weighted by Crippen LogP contribution is -2.29. The van der Waals surface area contributed by atoms with Gasteiger partial charge in [-0.15, -0.1) is 0 Å². The van der Waals surface area contributed by atoms with Crippen molar-refractivity contribution in [3.63, 3.8) is 0 Å². The van der Waals surface area contributed by atoms with E-state index in [0.717, 1.165) is 35.9 Å². The van der Waals surface area contributed by atoms with Gasteiger partial charge in [-0.2, -0.15) is 0 Å². The molecule has 3 atom stereocenters. The molecule has 1 heterocycles. The predicted molar refractivity (Wildman–Crippen MR) is 92.1 cm³/mol. The van der Waals surface area contributed by atoms with E-state index in [0.29, 0.717) is 25.0 Å². The molecule has 3 rings (SSSR count). The second kappa shape index (κ2) is 7.38. The Morgan fingerprint density at radius 1 is 1.25 bits per heavy atom. The average molecular weight is 347 g/mol. The lowest BCUT2D eigenvalue weighted by Gasteiger charge is -2.27. The van der Waals surface area contributed by atoms with E-state index in [2.05, 4.69) is 5.32 Å². The number of amides is 2. The topological polar surface area (TPSA) is 72.5 Å². The quantitative estimate of drug-likeness (QED) is 0.886. The molecule has 3 unspecified atom stereocenters.